The van der Waals surface area contributed by atoms with Gasteiger partial charge in [-0.05, 0) is 31.0 Å². The van der Waals surface area contributed by atoms with Gasteiger partial charge in [-0.15, -0.1) is 0 Å². The Kier molecular flexibility index (Phi) is 3.52. The van der Waals surface area contributed by atoms with Crippen molar-refractivity contribution < 1.29 is 4.39 Å². The molecule has 0 spiro atoms. The topological polar surface area (TPSA) is 61.9 Å². The SMILES string of the molecule is CC1CC(c2ccc(F)cc2)CN1c1cc2nc[nH]c(=O)c2cn1. The fourth-order valence-corrected chi connectivity index (χ4v) is 3.44. The summed E-state index contributed by atoms with van der Waals surface area (Å²) < 4.78 is 13.1. The average Bonchev–Trinajstić information content (AvgIpc) is 2.97. The summed E-state index contributed by atoms with van der Waals surface area (Å²) in [7, 11) is 0. The zero-order chi connectivity index (χ0) is 16.7. The Morgan fingerprint density at radius 1 is 1.25 bits per heavy atom. The molecule has 1 aliphatic heterocycles. The van der Waals surface area contributed by atoms with E-state index in [1.165, 1.54) is 18.5 Å². The summed E-state index contributed by atoms with van der Waals surface area (Å²) in [4.78, 5) is 25.2. The van der Waals surface area contributed by atoms with Gasteiger partial charge in [-0.3, -0.25) is 4.79 Å². The van der Waals surface area contributed by atoms with Gasteiger partial charge in [-0.2, -0.15) is 0 Å². The van der Waals surface area contributed by atoms with Crippen molar-refractivity contribution in [2.24, 2.45) is 0 Å². The minimum Gasteiger partial charge on any atom is -0.353 e. The Labute approximate surface area is 138 Å². The molecule has 2 atom stereocenters. The minimum absolute atomic E-state index is 0.183. The predicted molar refractivity (Wildman–Crippen MR) is 90.7 cm³/mol. The summed E-state index contributed by atoms with van der Waals surface area (Å²) in [5.41, 5.74) is 1.60. The number of hydrogen-bond donors (Lipinski definition) is 1. The fourth-order valence-electron chi connectivity index (χ4n) is 3.44. The molecule has 122 valence electrons. The largest absolute Gasteiger partial charge is 0.353 e. The standard InChI is InChI=1S/C18H17FN4O/c1-11-6-13(12-2-4-14(19)5-3-12)9-23(11)17-7-16-15(8-20-17)18(24)22-10-21-16/h2-5,7-8,10-11,13H,6,9H2,1H3,(H,21,22,24). The third-order valence-corrected chi connectivity index (χ3v) is 4.72. The third-order valence-electron chi connectivity index (χ3n) is 4.72. The molecule has 0 bridgehead atoms. The van der Waals surface area contributed by atoms with E-state index in [0.717, 1.165) is 24.3 Å². The molecule has 24 heavy (non-hydrogen) atoms. The monoisotopic (exact) mass is 324 g/mol. The lowest BCUT2D eigenvalue weighted by atomic mass is 9.97. The van der Waals surface area contributed by atoms with Crippen LogP contribution < -0.4 is 10.5 Å². The number of fused-ring (bicyclic) bond motifs is 1. The molecule has 5 nitrogen and oxygen atoms in total. The number of nitrogens with zero attached hydrogens (tertiary/aromatic N) is 3. The van der Waals surface area contributed by atoms with Gasteiger partial charge < -0.3 is 9.88 Å². The smallest absolute Gasteiger partial charge is 0.260 e. The Hall–Kier alpha value is -2.76. The number of benzene rings is 1. The number of halogens is 1. The molecule has 1 aliphatic rings. The van der Waals surface area contributed by atoms with Gasteiger partial charge in [0.25, 0.3) is 5.56 Å². The van der Waals surface area contributed by atoms with E-state index in [9.17, 15) is 9.18 Å². The quantitative estimate of drug-likeness (QED) is 0.787. The van der Waals surface area contributed by atoms with Gasteiger partial charge in [0.2, 0.25) is 0 Å². The van der Waals surface area contributed by atoms with Crippen LogP contribution in [0.1, 0.15) is 24.8 Å². The van der Waals surface area contributed by atoms with E-state index in [-0.39, 0.29) is 11.4 Å². The lowest BCUT2D eigenvalue weighted by Gasteiger charge is -2.22. The first-order valence-corrected chi connectivity index (χ1v) is 7.97. The van der Waals surface area contributed by atoms with E-state index >= 15 is 0 Å². The van der Waals surface area contributed by atoms with Crippen molar-refractivity contribution in [1.29, 1.82) is 0 Å². The van der Waals surface area contributed by atoms with Crippen LogP contribution in [-0.4, -0.2) is 27.5 Å². The van der Waals surface area contributed by atoms with Gasteiger partial charge in [0.1, 0.15) is 11.6 Å². The van der Waals surface area contributed by atoms with Gasteiger partial charge in [0.05, 0.1) is 17.2 Å². The first kappa shape index (κ1) is 14.8. The lowest BCUT2D eigenvalue weighted by molar-refractivity contribution is 0.625. The summed E-state index contributed by atoms with van der Waals surface area (Å²) in [6.07, 6.45) is 3.96. The molecule has 1 aromatic carbocycles. The maximum Gasteiger partial charge on any atom is 0.260 e. The molecular weight excluding hydrogens is 307 g/mol. The number of anilines is 1. The van der Waals surface area contributed by atoms with E-state index in [4.69, 9.17) is 0 Å². The number of rotatable bonds is 2. The number of aromatic amines is 1. The van der Waals surface area contributed by atoms with Crippen LogP contribution in [0.4, 0.5) is 10.2 Å². The maximum absolute atomic E-state index is 13.1. The highest BCUT2D eigenvalue weighted by Crippen LogP contribution is 2.34. The molecule has 6 heteroatoms. The molecule has 1 fully saturated rings. The molecule has 0 aliphatic carbocycles. The third kappa shape index (κ3) is 2.54. The Balaban J connectivity index is 1.64. The molecule has 3 aromatic rings. The van der Waals surface area contributed by atoms with Crippen LogP contribution in [0.15, 0.2) is 47.7 Å². The summed E-state index contributed by atoms with van der Waals surface area (Å²) in [6, 6.07) is 8.89. The number of aromatic nitrogens is 3. The highest BCUT2D eigenvalue weighted by Gasteiger charge is 2.31. The highest BCUT2D eigenvalue weighted by molar-refractivity contribution is 5.79. The lowest BCUT2D eigenvalue weighted by Crippen LogP contribution is -2.27. The molecule has 0 saturated carbocycles. The maximum atomic E-state index is 13.1. The number of H-pyrrole nitrogens is 1. The summed E-state index contributed by atoms with van der Waals surface area (Å²) in [5, 5.41) is 0.489. The number of nitrogens with one attached hydrogen (secondary N) is 1. The van der Waals surface area contributed by atoms with Crippen LogP contribution in [0.5, 0.6) is 0 Å². The Bertz CT molecular complexity index is 938. The van der Waals surface area contributed by atoms with E-state index in [0.29, 0.717) is 22.9 Å². The van der Waals surface area contributed by atoms with E-state index in [2.05, 4.69) is 26.8 Å². The first-order chi connectivity index (χ1) is 11.6. The van der Waals surface area contributed by atoms with Crippen LogP contribution in [0.25, 0.3) is 10.9 Å². The van der Waals surface area contributed by atoms with Crippen LogP contribution in [-0.2, 0) is 0 Å². The van der Waals surface area contributed by atoms with Crippen molar-refractivity contribution in [3.8, 4) is 0 Å². The van der Waals surface area contributed by atoms with Crippen molar-refractivity contribution in [3.63, 3.8) is 0 Å². The minimum atomic E-state index is -0.214. The summed E-state index contributed by atoms with van der Waals surface area (Å²) >= 11 is 0. The zero-order valence-corrected chi connectivity index (χ0v) is 13.2. The second kappa shape index (κ2) is 5.70. The normalized spacial score (nSPS) is 20.7. The molecule has 2 aromatic heterocycles. The van der Waals surface area contributed by atoms with Gasteiger partial charge in [0.15, 0.2) is 0 Å². The molecule has 1 N–H and O–H groups in total. The van der Waals surface area contributed by atoms with Crippen LogP contribution >= 0.6 is 0 Å². The zero-order valence-electron chi connectivity index (χ0n) is 13.2. The molecule has 0 amide bonds. The van der Waals surface area contributed by atoms with Gasteiger partial charge in [0, 0.05) is 30.8 Å². The first-order valence-electron chi connectivity index (χ1n) is 7.97. The van der Waals surface area contributed by atoms with Crippen LogP contribution in [0, 0.1) is 5.82 Å². The van der Waals surface area contributed by atoms with Crippen molar-refractivity contribution in [3.05, 3.63) is 64.6 Å². The van der Waals surface area contributed by atoms with Gasteiger partial charge >= 0.3 is 0 Å². The van der Waals surface area contributed by atoms with E-state index < -0.39 is 0 Å². The van der Waals surface area contributed by atoms with Crippen molar-refractivity contribution >= 4 is 16.7 Å². The van der Waals surface area contributed by atoms with Gasteiger partial charge in [-0.1, -0.05) is 12.1 Å². The van der Waals surface area contributed by atoms with E-state index in [1.54, 1.807) is 6.20 Å². The second-order valence-electron chi connectivity index (χ2n) is 6.28. The van der Waals surface area contributed by atoms with E-state index in [1.807, 2.05) is 18.2 Å². The fraction of sp³-hybridized carbons (Fsp3) is 0.278. The molecular formula is C18H17FN4O. The van der Waals surface area contributed by atoms with Crippen LogP contribution in [0.3, 0.4) is 0 Å². The number of pyridine rings is 1. The summed E-state index contributed by atoms with van der Waals surface area (Å²) in [5.74, 6) is 0.942. The van der Waals surface area contributed by atoms with Crippen LogP contribution in [0.2, 0.25) is 0 Å². The molecule has 4 rings (SSSR count). The number of hydrogen-bond acceptors (Lipinski definition) is 4. The Morgan fingerprint density at radius 3 is 2.83 bits per heavy atom. The van der Waals surface area contributed by atoms with Crippen molar-refractivity contribution in [2.75, 3.05) is 11.4 Å². The Morgan fingerprint density at radius 2 is 2.04 bits per heavy atom. The van der Waals surface area contributed by atoms with Crippen molar-refractivity contribution in [1.82, 2.24) is 15.0 Å². The molecule has 1 saturated heterocycles. The second-order valence-corrected chi connectivity index (χ2v) is 6.28. The summed E-state index contributed by atoms with van der Waals surface area (Å²) in [6.45, 7) is 2.97. The van der Waals surface area contributed by atoms with Gasteiger partial charge in [-0.25, -0.2) is 14.4 Å². The molecule has 3 heterocycles. The van der Waals surface area contributed by atoms with Crippen molar-refractivity contribution in [2.45, 2.75) is 25.3 Å². The predicted octanol–water partition coefficient (Wildman–Crippen LogP) is 2.84. The molecule has 2 unspecified atom stereocenters. The molecule has 0 radical (unpaired) electrons. The average molecular weight is 324 g/mol. The highest BCUT2D eigenvalue weighted by atomic mass is 19.1.